The highest BCUT2D eigenvalue weighted by Gasteiger charge is 2.48. The number of rotatable bonds is 2. The van der Waals surface area contributed by atoms with Crippen LogP contribution in [0.15, 0.2) is 0 Å². The summed E-state index contributed by atoms with van der Waals surface area (Å²) in [6.45, 7) is 2.19. The van der Waals surface area contributed by atoms with Crippen LogP contribution in [-0.4, -0.2) is 52.1 Å². The van der Waals surface area contributed by atoms with Gasteiger partial charge in [-0.25, -0.2) is 9.59 Å². The SMILES string of the molecule is CN(C(=O)N1CCCC1(C)C(=O)O)C1CC1. The number of carboxylic acid groups (broad SMARTS) is 1. The highest BCUT2D eigenvalue weighted by Crippen LogP contribution is 2.33. The van der Waals surface area contributed by atoms with Crippen molar-refractivity contribution >= 4 is 12.0 Å². The molecule has 0 aromatic carbocycles. The predicted molar refractivity (Wildman–Crippen MR) is 58.2 cm³/mol. The normalized spacial score (nSPS) is 29.2. The number of carbonyl (C=O) groups is 2. The smallest absolute Gasteiger partial charge is 0.329 e. The van der Waals surface area contributed by atoms with Gasteiger partial charge >= 0.3 is 12.0 Å². The molecule has 1 N–H and O–H groups in total. The molecule has 2 rings (SSSR count). The number of aliphatic carboxylic acids is 1. The number of carbonyl (C=O) groups excluding carboxylic acids is 1. The Morgan fingerprint density at radius 2 is 2.06 bits per heavy atom. The lowest BCUT2D eigenvalue weighted by Gasteiger charge is -2.34. The summed E-state index contributed by atoms with van der Waals surface area (Å²) < 4.78 is 0. The average molecular weight is 226 g/mol. The Balaban J connectivity index is 2.13. The van der Waals surface area contributed by atoms with Crippen molar-refractivity contribution in [2.24, 2.45) is 0 Å². The van der Waals surface area contributed by atoms with Crippen molar-refractivity contribution < 1.29 is 14.7 Å². The molecular formula is C11H18N2O3. The van der Waals surface area contributed by atoms with Gasteiger partial charge in [-0.05, 0) is 32.6 Å². The van der Waals surface area contributed by atoms with E-state index in [2.05, 4.69) is 0 Å². The molecule has 2 fully saturated rings. The Labute approximate surface area is 95.0 Å². The quantitative estimate of drug-likeness (QED) is 0.768. The first-order valence-electron chi connectivity index (χ1n) is 5.74. The molecule has 1 atom stereocenters. The lowest BCUT2D eigenvalue weighted by Crippen LogP contribution is -2.54. The molecule has 5 heteroatoms. The summed E-state index contributed by atoms with van der Waals surface area (Å²) in [6.07, 6.45) is 3.40. The predicted octanol–water partition coefficient (Wildman–Crippen LogP) is 1.14. The molecule has 0 aromatic heterocycles. The van der Waals surface area contributed by atoms with Gasteiger partial charge in [0.1, 0.15) is 5.54 Å². The van der Waals surface area contributed by atoms with Crippen molar-refractivity contribution in [2.75, 3.05) is 13.6 Å². The van der Waals surface area contributed by atoms with E-state index in [1.54, 1.807) is 18.9 Å². The van der Waals surface area contributed by atoms with Crippen molar-refractivity contribution in [1.82, 2.24) is 9.80 Å². The minimum Gasteiger partial charge on any atom is -0.480 e. The topological polar surface area (TPSA) is 60.9 Å². The average Bonchev–Trinajstić information content (AvgIpc) is 3.00. The van der Waals surface area contributed by atoms with Crippen LogP contribution in [0, 0.1) is 0 Å². The molecule has 0 bridgehead atoms. The molecule has 2 amide bonds. The molecule has 0 aromatic rings. The third kappa shape index (κ3) is 1.64. The largest absolute Gasteiger partial charge is 0.480 e. The molecule has 16 heavy (non-hydrogen) atoms. The molecule has 1 saturated heterocycles. The van der Waals surface area contributed by atoms with E-state index in [-0.39, 0.29) is 6.03 Å². The fourth-order valence-corrected chi connectivity index (χ4v) is 2.30. The number of hydrogen-bond acceptors (Lipinski definition) is 2. The maximum atomic E-state index is 12.1. The second kappa shape index (κ2) is 3.64. The monoisotopic (exact) mass is 226 g/mol. The van der Waals surface area contributed by atoms with Crippen molar-refractivity contribution in [1.29, 1.82) is 0 Å². The van der Waals surface area contributed by atoms with Gasteiger partial charge in [0.25, 0.3) is 0 Å². The van der Waals surface area contributed by atoms with Crippen molar-refractivity contribution in [3.05, 3.63) is 0 Å². The molecule has 1 saturated carbocycles. The fourth-order valence-electron chi connectivity index (χ4n) is 2.30. The van der Waals surface area contributed by atoms with E-state index >= 15 is 0 Å². The van der Waals surface area contributed by atoms with Gasteiger partial charge in [-0.1, -0.05) is 0 Å². The van der Waals surface area contributed by atoms with Gasteiger partial charge in [-0.15, -0.1) is 0 Å². The lowest BCUT2D eigenvalue weighted by atomic mass is 10.00. The van der Waals surface area contributed by atoms with Gasteiger partial charge in [-0.2, -0.15) is 0 Å². The summed E-state index contributed by atoms with van der Waals surface area (Å²) in [4.78, 5) is 26.6. The Hall–Kier alpha value is -1.26. The number of hydrogen-bond donors (Lipinski definition) is 1. The van der Waals surface area contributed by atoms with Gasteiger partial charge in [0.15, 0.2) is 0 Å². The van der Waals surface area contributed by atoms with Crippen molar-refractivity contribution in [2.45, 2.75) is 44.2 Å². The Morgan fingerprint density at radius 1 is 1.44 bits per heavy atom. The van der Waals surface area contributed by atoms with E-state index in [4.69, 9.17) is 0 Å². The maximum absolute atomic E-state index is 12.1. The van der Waals surface area contributed by atoms with Gasteiger partial charge in [0.05, 0.1) is 0 Å². The van der Waals surface area contributed by atoms with E-state index in [0.717, 1.165) is 19.3 Å². The highest BCUT2D eigenvalue weighted by atomic mass is 16.4. The van der Waals surface area contributed by atoms with Crippen LogP contribution in [0.1, 0.15) is 32.6 Å². The molecule has 1 aliphatic carbocycles. The van der Waals surface area contributed by atoms with Crippen LogP contribution >= 0.6 is 0 Å². The van der Waals surface area contributed by atoms with Crippen molar-refractivity contribution in [3.8, 4) is 0 Å². The zero-order valence-electron chi connectivity index (χ0n) is 9.77. The number of likely N-dealkylation sites (tertiary alicyclic amines) is 1. The maximum Gasteiger partial charge on any atom is 0.329 e. The zero-order valence-corrected chi connectivity index (χ0v) is 9.77. The molecule has 1 heterocycles. The third-order valence-corrected chi connectivity index (χ3v) is 3.73. The molecule has 5 nitrogen and oxygen atoms in total. The van der Waals surface area contributed by atoms with Crippen molar-refractivity contribution in [3.63, 3.8) is 0 Å². The summed E-state index contributed by atoms with van der Waals surface area (Å²) >= 11 is 0. The Morgan fingerprint density at radius 3 is 2.56 bits per heavy atom. The molecule has 0 spiro atoms. The van der Waals surface area contributed by atoms with Crippen LogP contribution < -0.4 is 0 Å². The minimum absolute atomic E-state index is 0.134. The number of carboxylic acids is 1. The molecule has 2 aliphatic rings. The molecule has 1 aliphatic heterocycles. The Kier molecular flexibility index (Phi) is 2.56. The van der Waals surface area contributed by atoms with E-state index < -0.39 is 11.5 Å². The van der Waals surface area contributed by atoms with E-state index in [1.807, 2.05) is 0 Å². The van der Waals surface area contributed by atoms with Gasteiger partial charge in [0.2, 0.25) is 0 Å². The first kappa shape index (κ1) is 11.2. The van der Waals surface area contributed by atoms with Crippen LogP contribution in [0.25, 0.3) is 0 Å². The summed E-state index contributed by atoms with van der Waals surface area (Å²) in [5.41, 5.74) is -1.01. The second-order valence-corrected chi connectivity index (χ2v) is 4.96. The van der Waals surface area contributed by atoms with E-state index in [0.29, 0.717) is 19.0 Å². The summed E-state index contributed by atoms with van der Waals surface area (Å²) in [5.74, 6) is -0.900. The lowest BCUT2D eigenvalue weighted by molar-refractivity contribution is -0.147. The van der Waals surface area contributed by atoms with Crippen LogP contribution in [-0.2, 0) is 4.79 Å². The highest BCUT2D eigenvalue weighted by molar-refractivity contribution is 5.86. The first-order valence-corrected chi connectivity index (χ1v) is 5.74. The minimum atomic E-state index is -1.01. The van der Waals surface area contributed by atoms with Crippen LogP contribution in [0.2, 0.25) is 0 Å². The summed E-state index contributed by atoms with van der Waals surface area (Å²) in [6, 6.07) is 0.191. The van der Waals surface area contributed by atoms with Crippen LogP contribution in [0.3, 0.4) is 0 Å². The number of urea groups is 1. The van der Waals surface area contributed by atoms with Gasteiger partial charge in [0, 0.05) is 19.6 Å². The molecule has 0 radical (unpaired) electrons. The van der Waals surface area contributed by atoms with Crippen LogP contribution in [0.5, 0.6) is 0 Å². The second-order valence-electron chi connectivity index (χ2n) is 4.96. The zero-order chi connectivity index (χ0) is 11.9. The standard InChI is InChI=1S/C11H18N2O3/c1-11(9(14)15)6-3-7-13(11)10(16)12(2)8-4-5-8/h8H,3-7H2,1-2H3,(H,14,15). The Bertz CT molecular complexity index is 327. The number of amides is 2. The fraction of sp³-hybridized carbons (Fsp3) is 0.818. The molecule has 1 unspecified atom stereocenters. The first-order chi connectivity index (χ1) is 7.47. The summed E-state index contributed by atoms with van der Waals surface area (Å²) in [5, 5.41) is 9.22. The van der Waals surface area contributed by atoms with E-state index in [9.17, 15) is 14.7 Å². The van der Waals surface area contributed by atoms with Gasteiger partial charge in [-0.3, -0.25) is 0 Å². The third-order valence-electron chi connectivity index (χ3n) is 3.73. The van der Waals surface area contributed by atoms with Gasteiger partial charge < -0.3 is 14.9 Å². The molecule has 90 valence electrons. The number of nitrogens with zero attached hydrogens (tertiary/aromatic N) is 2. The summed E-state index contributed by atoms with van der Waals surface area (Å²) in [7, 11) is 1.76. The van der Waals surface area contributed by atoms with E-state index in [1.165, 1.54) is 4.90 Å². The van der Waals surface area contributed by atoms with Crippen LogP contribution in [0.4, 0.5) is 4.79 Å². The molecular weight excluding hydrogens is 208 g/mol.